The fraction of sp³-hybridized carbons (Fsp3) is 0.412. The molecular weight excluding hydrogens is 328 g/mol. The van der Waals surface area contributed by atoms with Crippen molar-refractivity contribution in [2.24, 2.45) is 0 Å². The van der Waals surface area contributed by atoms with Gasteiger partial charge in [-0.2, -0.15) is 5.10 Å². The van der Waals surface area contributed by atoms with Crippen LogP contribution in [0.2, 0.25) is 5.02 Å². The van der Waals surface area contributed by atoms with Gasteiger partial charge in [0.25, 0.3) is 0 Å². The van der Waals surface area contributed by atoms with Crippen LogP contribution in [0.3, 0.4) is 0 Å². The summed E-state index contributed by atoms with van der Waals surface area (Å²) >= 11 is 5.99. The monoisotopic (exact) mass is 348 g/mol. The topological polar surface area (TPSA) is 79.2 Å². The normalized spacial score (nSPS) is 16.5. The van der Waals surface area contributed by atoms with E-state index in [0.717, 1.165) is 36.1 Å². The molecule has 0 bridgehead atoms. The summed E-state index contributed by atoms with van der Waals surface area (Å²) < 4.78 is 1.82. The van der Waals surface area contributed by atoms with E-state index < -0.39 is 0 Å². The average Bonchev–Trinajstić information content (AvgIpc) is 2.96. The van der Waals surface area contributed by atoms with Crippen molar-refractivity contribution in [1.82, 2.24) is 15.1 Å². The average molecular weight is 349 g/mol. The molecule has 2 aromatic rings. The Morgan fingerprint density at radius 3 is 3.12 bits per heavy atom. The van der Waals surface area contributed by atoms with E-state index in [2.05, 4.69) is 15.7 Å². The molecule has 0 spiro atoms. The van der Waals surface area contributed by atoms with Gasteiger partial charge in [0, 0.05) is 22.0 Å². The number of aromatic nitrogens is 2. The van der Waals surface area contributed by atoms with Gasteiger partial charge >= 0.3 is 6.03 Å². The molecule has 1 aromatic carbocycles. The van der Waals surface area contributed by atoms with Crippen LogP contribution in [0.1, 0.15) is 35.7 Å². The number of fused-ring (bicyclic) bond motifs is 1. The van der Waals surface area contributed by atoms with Crippen molar-refractivity contribution in [3.8, 4) is 0 Å². The first kappa shape index (κ1) is 16.8. The molecule has 0 radical (unpaired) electrons. The maximum absolute atomic E-state index is 12.4. The molecule has 1 heterocycles. The van der Waals surface area contributed by atoms with E-state index in [1.165, 1.54) is 0 Å². The Kier molecular flexibility index (Phi) is 5.06. The van der Waals surface area contributed by atoms with Crippen LogP contribution in [0.5, 0.6) is 0 Å². The number of aliphatic hydroxyl groups excluding tert-OH is 1. The second kappa shape index (κ2) is 7.23. The number of nitrogens with one attached hydrogen (secondary N) is 2. The lowest BCUT2D eigenvalue weighted by Gasteiger charge is -2.24. The number of halogens is 1. The first-order valence-electron chi connectivity index (χ1n) is 8.07. The molecule has 0 aliphatic heterocycles. The van der Waals surface area contributed by atoms with Crippen LogP contribution < -0.4 is 10.6 Å². The minimum absolute atomic E-state index is 0.0563. The molecule has 0 saturated heterocycles. The van der Waals surface area contributed by atoms with Gasteiger partial charge in [-0.15, -0.1) is 0 Å². The van der Waals surface area contributed by atoms with Crippen molar-refractivity contribution in [3.05, 3.63) is 46.2 Å². The second-order valence-electron chi connectivity index (χ2n) is 6.00. The van der Waals surface area contributed by atoms with E-state index in [1.54, 1.807) is 18.3 Å². The summed E-state index contributed by atoms with van der Waals surface area (Å²) in [6.45, 7) is 2.46. The van der Waals surface area contributed by atoms with Crippen LogP contribution >= 0.6 is 11.6 Å². The number of nitrogens with zero attached hydrogens (tertiary/aromatic N) is 2. The lowest BCUT2D eigenvalue weighted by atomic mass is 9.93. The number of aliphatic hydroxyl groups is 1. The van der Waals surface area contributed by atoms with Gasteiger partial charge in [0.1, 0.15) is 0 Å². The van der Waals surface area contributed by atoms with Crippen LogP contribution in [0.4, 0.5) is 10.5 Å². The van der Waals surface area contributed by atoms with Gasteiger partial charge in [0.2, 0.25) is 0 Å². The van der Waals surface area contributed by atoms with Gasteiger partial charge in [-0.1, -0.05) is 17.7 Å². The summed E-state index contributed by atoms with van der Waals surface area (Å²) in [6.07, 6.45) is 4.56. The summed E-state index contributed by atoms with van der Waals surface area (Å²) in [4.78, 5) is 12.4. The van der Waals surface area contributed by atoms with Gasteiger partial charge in [0.05, 0.1) is 25.4 Å². The molecule has 1 aliphatic carbocycles. The third kappa shape index (κ3) is 3.55. The van der Waals surface area contributed by atoms with Crippen molar-refractivity contribution >= 4 is 23.3 Å². The molecule has 7 heteroatoms. The highest BCUT2D eigenvalue weighted by molar-refractivity contribution is 6.31. The van der Waals surface area contributed by atoms with Crippen LogP contribution in [0.25, 0.3) is 0 Å². The fourth-order valence-electron chi connectivity index (χ4n) is 3.10. The van der Waals surface area contributed by atoms with E-state index in [0.29, 0.717) is 17.3 Å². The van der Waals surface area contributed by atoms with E-state index >= 15 is 0 Å². The molecule has 6 nitrogen and oxygen atoms in total. The summed E-state index contributed by atoms with van der Waals surface area (Å²) in [5, 5.41) is 19.9. The minimum atomic E-state index is -0.256. The number of anilines is 1. The Morgan fingerprint density at radius 1 is 1.50 bits per heavy atom. The quantitative estimate of drug-likeness (QED) is 0.794. The maximum atomic E-state index is 12.4. The SMILES string of the molecule is Cc1ccc(Cl)cc1NC(=O)NC1CCCc2c1cnn2CCO. The second-order valence-corrected chi connectivity index (χ2v) is 6.43. The number of hydrogen-bond donors (Lipinski definition) is 3. The number of hydrogen-bond acceptors (Lipinski definition) is 3. The molecule has 1 aromatic heterocycles. The zero-order valence-corrected chi connectivity index (χ0v) is 14.3. The number of urea groups is 1. The smallest absolute Gasteiger partial charge is 0.319 e. The zero-order chi connectivity index (χ0) is 17.1. The molecule has 0 saturated carbocycles. The predicted octanol–water partition coefficient (Wildman–Crippen LogP) is 3.04. The molecule has 2 amide bonds. The zero-order valence-electron chi connectivity index (χ0n) is 13.6. The molecule has 128 valence electrons. The first-order valence-corrected chi connectivity index (χ1v) is 8.45. The van der Waals surface area contributed by atoms with Crippen LogP contribution in [-0.4, -0.2) is 27.5 Å². The molecule has 1 atom stereocenters. The van der Waals surface area contributed by atoms with Gasteiger partial charge in [-0.25, -0.2) is 4.79 Å². The largest absolute Gasteiger partial charge is 0.394 e. The lowest BCUT2D eigenvalue weighted by molar-refractivity contribution is 0.246. The van der Waals surface area contributed by atoms with Gasteiger partial charge in [-0.3, -0.25) is 4.68 Å². The maximum Gasteiger partial charge on any atom is 0.319 e. The number of carbonyl (C=O) groups is 1. The van der Waals surface area contributed by atoms with Gasteiger partial charge < -0.3 is 15.7 Å². The van der Waals surface area contributed by atoms with Crippen molar-refractivity contribution < 1.29 is 9.90 Å². The summed E-state index contributed by atoms with van der Waals surface area (Å²) in [5.41, 5.74) is 3.79. The summed E-state index contributed by atoms with van der Waals surface area (Å²) in [7, 11) is 0. The molecule has 1 unspecified atom stereocenters. The summed E-state index contributed by atoms with van der Waals surface area (Å²) in [6, 6.07) is 5.08. The Morgan fingerprint density at radius 2 is 2.33 bits per heavy atom. The van der Waals surface area contributed by atoms with Crippen molar-refractivity contribution in [2.45, 2.75) is 38.8 Å². The van der Waals surface area contributed by atoms with E-state index in [9.17, 15) is 4.79 Å². The molecule has 0 fully saturated rings. The van der Waals surface area contributed by atoms with Crippen LogP contribution in [0, 0.1) is 6.92 Å². The summed E-state index contributed by atoms with van der Waals surface area (Å²) in [5.74, 6) is 0. The predicted molar refractivity (Wildman–Crippen MR) is 93.3 cm³/mol. The Bertz CT molecular complexity index is 744. The molecule has 3 N–H and O–H groups in total. The van der Waals surface area contributed by atoms with E-state index in [4.69, 9.17) is 16.7 Å². The Labute approximate surface area is 145 Å². The first-order chi connectivity index (χ1) is 11.6. The highest BCUT2D eigenvalue weighted by Crippen LogP contribution is 2.29. The Hall–Kier alpha value is -2.05. The lowest BCUT2D eigenvalue weighted by Crippen LogP contribution is -2.34. The van der Waals surface area contributed by atoms with Crippen molar-refractivity contribution in [1.29, 1.82) is 0 Å². The number of carbonyl (C=O) groups excluding carboxylic acids is 1. The van der Waals surface area contributed by atoms with Gasteiger partial charge in [0.15, 0.2) is 0 Å². The number of benzene rings is 1. The fourth-order valence-corrected chi connectivity index (χ4v) is 3.27. The van der Waals surface area contributed by atoms with Crippen molar-refractivity contribution in [2.75, 3.05) is 11.9 Å². The van der Waals surface area contributed by atoms with E-state index in [1.807, 2.05) is 17.7 Å². The molecule has 3 rings (SSSR count). The minimum Gasteiger partial charge on any atom is -0.394 e. The third-order valence-electron chi connectivity index (χ3n) is 4.33. The van der Waals surface area contributed by atoms with Crippen LogP contribution in [0.15, 0.2) is 24.4 Å². The number of aryl methyl sites for hydroxylation is 1. The third-order valence-corrected chi connectivity index (χ3v) is 4.56. The highest BCUT2D eigenvalue weighted by atomic mass is 35.5. The van der Waals surface area contributed by atoms with E-state index in [-0.39, 0.29) is 18.7 Å². The number of amides is 2. The molecule has 1 aliphatic rings. The van der Waals surface area contributed by atoms with Crippen molar-refractivity contribution in [3.63, 3.8) is 0 Å². The molecule has 24 heavy (non-hydrogen) atoms. The van der Waals surface area contributed by atoms with Gasteiger partial charge in [-0.05, 0) is 43.9 Å². The Balaban J connectivity index is 1.71. The highest BCUT2D eigenvalue weighted by Gasteiger charge is 2.25. The molecular formula is C17H21ClN4O2. The standard InChI is InChI=1S/C17H21ClN4O2/c1-11-5-6-12(18)9-15(11)21-17(24)20-14-3-2-4-16-13(14)10-19-22(16)7-8-23/h5-6,9-10,14,23H,2-4,7-8H2,1H3,(H2,20,21,24). The van der Waals surface area contributed by atoms with Crippen LogP contribution in [-0.2, 0) is 13.0 Å². The number of rotatable bonds is 4.